The second-order valence-electron chi connectivity index (χ2n) is 9.74. The highest BCUT2D eigenvalue weighted by atomic mass is 35.5. The van der Waals surface area contributed by atoms with Crippen LogP contribution in [0.15, 0.2) is 30.3 Å². The van der Waals surface area contributed by atoms with Crippen LogP contribution in [0, 0.1) is 11.7 Å². The van der Waals surface area contributed by atoms with Crippen molar-refractivity contribution >= 4 is 29.2 Å². The van der Waals surface area contributed by atoms with E-state index in [0.717, 1.165) is 49.9 Å². The molecule has 2 fully saturated rings. The smallest absolute Gasteiger partial charge is 0.340 e. The lowest BCUT2D eigenvalue weighted by Gasteiger charge is -2.45. The van der Waals surface area contributed by atoms with E-state index < -0.39 is 11.8 Å². The van der Waals surface area contributed by atoms with E-state index in [9.17, 15) is 9.18 Å². The summed E-state index contributed by atoms with van der Waals surface area (Å²) < 4.78 is 31.0. The van der Waals surface area contributed by atoms with Crippen LogP contribution < -0.4 is 4.74 Å². The van der Waals surface area contributed by atoms with Gasteiger partial charge in [0.05, 0.1) is 31.4 Å². The molecule has 0 radical (unpaired) electrons. The molecule has 2 aromatic rings. The molecule has 1 aliphatic carbocycles. The summed E-state index contributed by atoms with van der Waals surface area (Å²) in [5.41, 5.74) is 1.53. The number of ether oxygens (including phenoxy) is 3. The largest absolute Gasteiger partial charge is 0.493 e. The quantitative estimate of drug-likeness (QED) is 0.353. The van der Waals surface area contributed by atoms with Crippen molar-refractivity contribution in [2.75, 3.05) is 40.5 Å². The third kappa shape index (κ3) is 5.93. The molecule has 1 saturated heterocycles. The van der Waals surface area contributed by atoms with Gasteiger partial charge in [-0.25, -0.2) is 9.18 Å². The zero-order valence-electron chi connectivity index (χ0n) is 20.4. The van der Waals surface area contributed by atoms with E-state index in [4.69, 9.17) is 37.4 Å². The van der Waals surface area contributed by atoms with E-state index in [1.165, 1.54) is 13.2 Å². The second kappa shape index (κ2) is 11.0. The lowest BCUT2D eigenvalue weighted by Crippen LogP contribution is -2.51. The molecule has 0 spiro atoms. The summed E-state index contributed by atoms with van der Waals surface area (Å²) in [6.07, 6.45) is 3.92. The first-order chi connectivity index (χ1) is 16.7. The molecule has 1 unspecified atom stereocenters. The van der Waals surface area contributed by atoms with Gasteiger partial charge in [-0.2, -0.15) is 0 Å². The maximum absolute atomic E-state index is 14.6. The normalized spacial score (nSPS) is 18.8. The average molecular weight is 524 g/mol. The minimum absolute atomic E-state index is 0.0337. The van der Waals surface area contributed by atoms with E-state index in [2.05, 4.69) is 11.8 Å². The predicted octanol–water partition coefficient (Wildman–Crippen LogP) is 6.45. The van der Waals surface area contributed by atoms with Crippen molar-refractivity contribution in [1.82, 2.24) is 4.90 Å². The number of esters is 1. The SMILES string of the molecule is COCC(C)(c1cc(Cl)cc(Cl)c1)N1CCC(COc2cc(F)c(C(=O)OC)cc2C2CC2)CC1. The van der Waals surface area contributed by atoms with Gasteiger partial charge >= 0.3 is 5.97 Å². The molecular formula is C27H32Cl2FNO4. The van der Waals surface area contributed by atoms with Crippen molar-refractivity contribution < 1.29 is 23.4 Å². The van der Waals surface area contributed by atoms with Crippen LogP contribution >= 0.6 is 23.2 Å². The third-order valence-electron chi connectivity index (χ3n) is 7.22. The molecule has 4 rings (SSSR count). The van der Waals surface area contributed by atoms with Gasteiger partial charge in [0.25, 0.3) is 0 Å². The summed E-state index contributed by atoms with van der Waals surface area (Å²) in [7, 11) is 2.96. The van der Waals surface area contributed by atoms with E-state index in [1.807, 2.05) is 12.1 Å². The highest BCUT2D eigenvalue weighted by Crippen LogP contribution is 2.45. The second-order valence-corrected chi connectivity index (χ2v) is 10.6. The molecule has 0 N–H and O–H groups in total. The molecule has 0 aromatic heterocycles. The van der Waals surface area contributed by atoms with Crippen molar-refractivity contribution in [3.8, 4) is 5.75 Å². The van der Waals surface area contributed by atoms with Crippen LogP contribution in [-0.4, -0.2) is 51.4 Å². The molecule has 8 heteroatoms. The fraction of sp³-hybridized carbons (Fsp3) is 0.519. The lowest BCUT2D eigenvalue weighted by molar-refractivity contribution is -0.00666. The van der Waals surface area contributed by atoms with Crippen molar-refractivity contribution in [3.05, 3.63) is 62.9 Å². The van der Waals surface area contributed by atoms with Crippen molar-refractivity contribution in [1.29, 1.82) is 0 Å². The van der Waals surface area contributed by atoms with Crippen LogP contribution in [0.4, 0.5) is 4.39 Å². The fourth-order valence-corrected chi connectivity index (χ4v) is 5.51. The Morgan fingerprint density at radius 3 is 2.29 bits per heavy atom. The topological polar surface area (TPSA) is 48.0 Å². The molecule has 5 nitrogen and oxygen atoms in total. The van der Waals surface area contributed by atoms with Gasteiger partial charge in [0, 0.05) is 23.2 Å². The number of methoxy groups -OCH3 is 2. The Morgan fingerprint density at radius 2 is 1.71 bits per heavy atom. The van der Waals surface area contributed by atoms with E-state index >= 15 is 0 Å². The van der Waals surface area contributed by atoms with Crippen LogP contribution in [0.3, 0.4) is 0 Å². The van der Waals surface area contributed by atoms with Crippen molar-refractivity contribution in [3.63, 3.8) is 0 Å². The third-order valence-corrected chi connectivity index (χ3v) is 7.66. The number of carbonyl (C=O) groups excluding carboxylic acids is 1. The van der Waals surface area contributed by atoms with E-state index in [-0.39, 0.29) is 11.1 Å². The zero-order valence-corrected chi connectivity index (χ0v) is 21.9. The molecule has 0 bridgehead atoms. The van der Waals surface area contributed by atoms with Gasteiger partial charge in [0.15, 0.2) is 0 Å². The van der Waals surface area contributed by atoms with Gasteiger partial charge in [0.2, 0.25) is 0 Å². The zero-order chi connectivity index (χ0) is 25.2. The molecule has 190 valence electrons. The standard InChI is InChI=1S/C27H32Cl2FNO4/c1-27(16-33-2,19-10-20(28)12-21(29)11-19)31-8-6-17(7-9-31)15-35-25-14-24(30)23(26(32)34-3)13-22(25)18-4-5-18/h10-14,17-18H,4-9,15-16H2,1-3H3. The number of hydrogen-bond acceptors (Lipinski definition) is 5. The Labute approximate surface area is 216 Å². The number of hydrogen-bond donors (Lipinski definition) is 0. The number of carbonyl (C=O) groups is 1. The van der Waals surface area contributed by atoms with Gasteiger partial charge in [-0.15, -0.1) is 0 Å². The molecule has 1 saturated carbocycles. The summed E-state index contributed by atoms with van der Waals surface area (Å²) in [5, 5.41) is 1.21. The maximum atomic E-state index is 14.6. The molecule has 1 aliphatic heterocycles. The minimum Gasteiger partial charge on any atom is -0.493 e. The molecule has 35 heavy (non-hydrogen) atoms. The fourth-order valence-electron chi connectivity index (χ4n) is 4.98. The first kappa shape index (κ1) is 26.2. The van der Waals surface area contributed by atoms with E-state index in [0.29, 0.717) is 40.8 Å². The maximum Gasteiger partial charge on any atom is 0.340 e. The van der Waals surface area contributed by atoms with Gasteiger partial charge in [-0.3, -0.25) is 4.90 Å². The van der Waals surface area contributed by atoms with Crippen LogP contribution in [0.2, 0.25) is 10.0 Å². The van der Waals surface area contributed by atoms with Crippen molar-refractivity contribution in [2.45, 2.75) is 44.1 Å². The number of nitrogens with zero attached hydrogens (tertiary/aromatic N) is 1. The molecule has 1 atom stereocenters. The highest BCUT2D eigenvalue weighted by molar-refractivity contribution is 6.34. The molecule has 2 aromatic carbocycles. The van der Waals surface area contributed by atoms with Gasteiger partial charge < -0.3 is 14.2 Å². The van der Waals surface area contributed by atoms with Crippen LogP contribution in [0.5, 0.6) is 5.75 Å². The number of rotatable bonds is 9. The molecule has 2 aliphatic rings. The summed E-state index contributed by atoms with van der Waals surface area (Å²) >= 11 is 12.6. The molecule has 0 amide bonds. The summed E-state index contributed by atoms with van der Waals surface area (Å²) in [4.78, 5) is 14.3. The Balaban J connectivity index is 1.42. The number of piperidine rings is 1. The summed E-state index contributed by atoms with van der Waals surface area (Å²) in [6, 6.07) is 8.58. The monoisotopic (exact) mass is 523 g/mol. The predicted molar refractivity (Wildman–Crippen MR) is 135 cm³/mol. The Kier molecular flexibility index (Phi) is 8.26. The Bertz CT molecular complexity index is 1050. The van der Waals surface area contributed by atoms with Crippen LogP contribution in [-0.2, 0) is 15.0 Å². The first-order valence-electron chi connectivity index (χ1n) is 12.0. The summed E-state index contributed by atoms with van der Waals surface area (Å²) in [5.74, 6) is -0.0746. The minimum atomic E-state index is -0.663. The molecular weight excluding hydrogens is 492 g/mol. The van der Waals surface area contributed by atoms with Crippen LogP contribution in [0.1, 0.15) is 60.0 Å². The van der Waals surface area contributed by atoms with E-state index in [1.54, 1.807) is 19.2 Å². The lowest BCUT2D eigenvalue weighted by atomic mass is 9.86. The number of halogens is 3. The van der Waals surface area contributed by atoms with Crippen molar-refractivity contribution in [2.24, 2.45) is 5.92 Å². The molecule has 1 heterocycles. The summed E-state index contributed by atoms with van der Waals surface area (Å²) in [6.45, 7) is 4.91. The Hall–Kier alpha value is -1.86. The number of benzene rings is 2. The number of likely N-dealkylation sites (tertiary alicyclic amines) is 1. The average Bonchev–Trinajstić information content (AvgIpc) is 3.67. The van der Waals surface area contributed by atoms with Gasteiger partial charge in [0.1, 0.15) is 11.6 Å². The van der Waals surface area contributed by atoms with Gasteiger partial charge in [-0.1, -0.05) is 23.2 Å². The first-order valence-corrected chi connectivity index (χ1v) is 12.8. The van der Waals surface area contributed by atoms with Crippen LogP contribution in [0.25, 0.3) is 0 Å². The van der Waals surface area contributed by atoms with Gasteiger partial charge in [-0.05, 0) is 92.9 Å². The Morgan fingerprint density at radius 1 is 1.06 bits per heavy atom. The highest BCUT2D eigenvalue weighted by Gasteiger charge is 2.37.